The second kappa shape index (κ2) is 8.09. The average Bonchev–Trinajstić information content (AvgIpc) is 2.55. The van der Waals surface area contributed by atoms with Gasteiger partial charge in [0.1, 0.15) is 6.07 Å². The Morgan fingerprint density at radius 2 is 1.91 bits per heavy atom. The van der Waals surface area contributed by atoms with Gasteiger partial charge in [-0.15, -0.1) is 0 Å². The number of nitrogens with one attached hydrogen (secondary N) is 2. The normalized spacial score (nSPS) is 17.7. The summed E-state index contributed by atoms with van der Waals surface area (Å²) in [6, 6.07) is 10.0. The Bertz CT molecular complexity index is 571. The topological polar surface area (TPSA) is 68.2 Å². The summed E-state index contributed by atoms with van der Waals surface area (Å²) in [6.45, 7) is 8.09. The number of benzene rings is 1. The molecule has 2 N–H and O–H groups in total. The molecule has 1 aliphatic heterocycles. The number of nitriles is 1. The maximum Gasteiger partial charge on any atom is 0.241 e. The SMILES string of the molecule is CC(C)NC1CCN(C(C)C(=O)Nc2ccccc2C#N)CC1. The number of para-hydroxylation sites is 1. The molecule has 0 bridgehead atoms. The second-order valence-corrected chi connectivity index (χ2v) is 6.45. The molecule has 1 fully saturated rings. The van der Waals surface area contributed by atoms with E-state index in [-0.39, 0.29) is 11.9 Å². The summed E-state index contributed by atoms with van der Waals surface area (Å²) in [7, 11) is 0. The van der Waals surface area contributed by atoms with E-state index >= 15 is 0 Å². The third-order valence-corrected chi connectivity index (χ3v) is 4.33. The Kier molecular flexibility index (Phi) is 6.14. The molecule has 1 aromatic carbocycles. The first-order chi connectivity index (χ1) is 11.0. The van der Waals surface area contributed by atoms with Crippen LogP contribution in [0.1, 0.15) is 39.2 Å². The average molecular weight is 314 g/mol. The minimum absolute atomic E-state index is 0.0528. The highest BCUT2D eigenvalue weighted by molar-refractivity contribution is 5.95. The van der Waals surface area contributed by atoms with E-state index in [9.17, 15) is 4.79 Å². The number of hydrogen-bond acceptors (Lipinski definition) is 4. The van der Waals surface area contributed by atoms with E-state index in [1.165, 1.54) is 0 Å². The molecule has 0 radical (unpaired) electrons. The van der Waals surface area contributed by atoms with Crippen LogP contribution >= 0.6 is 0 Å². The largest absolute Gasteiger partial charge is 0.324 e. The van der Waals surface area contributed by atoms with Crippen LogP contribution < -0.4 is 10.6 Å². The van der Waals surface area contributed by atoms with E-state index in [1.807, 2.05) is 13.0 Å². The molecule has 2 rings (SSSR count). The van der Waals surface area contributed by atoms with Gasteiger partial charge in [0.05, 0.1) is 17.3 Å². The maximum absolute atomic E-state index is 12.5. The fourth-order valence-electron chi connectivity index (χ4n) is 3.02. The van der Waals surface area contributed by atoms with Crippen LogP contribution in [0.5, 0.6) is 0 Å². The summed E-state index contributed by atoms with van der Waals surface area (Å²) in [6.07, 6.45) is 2.12. The first-order valence-electron chi connectivity index (χ1n) is 8.31. The van der Waals surface area contributed by atoms with Gasteiger partial charge in [-0.3, -0.25) is 9.69 Å². The molecule has 0 aromatic heterocycles. The van der Waals surface area contributed by atoms with Gasteiger partial charge < -0.3 is 10.6 Å². The first-order valence-corrected chi connectivity index (χ1v) is 8.31. The number of carbonyl (C=O) groups excluding carboxylic acids is 1. The number of likely N-dealkylation sites (tertiary alicyclic amines) is 1. The van der Waals surface area contributed by atoms with Crippen LogP contribution in [0.15, 0.2) is 24.3 Å². The van der Waals surface area contributed by atoms with Crippen molar-refractivity contribution in [3.8, 4) is 6.07 Å². The lowest BCUT2D eigenvalue weighted by molar-refractivity contribution is -0.121. The van der Waals surface area contributed by atoms with E-state index in [0.717, 1.165) is 25.9 Å². The van der Waals surface area contributed by atoms with Crippen molar-refractivity contribution in [1.82, 2.24) is 10.2 Å². The minimum Gasteiger partial charge on any atom is -0.324 e. The fourth-order valence-corrected chi connectivity index (χ4v) is 3.02. The molecule has 0 aliphatic carbocycles. The van der Waals surface area contributed by atoms with Crippen LogP contribution in [0.25, 0.3) is 0 Å². The van der Waals surface area contributed by atoms with Crippen LogP contribution in [0, 0.1) is 11.3 Å². The van der Waals surface area contributed by atoms with Gasteiger partial charge in [0, 0.05) is 25.2 Å². The monoisotopic (exact) mass is 314 g/mol. The molecular weight excluding hydrogens is 288 g/mol. The number of piperidine rings is 1. The van der Waals surface area contributed by atoms with E-state index < -0.39 is 0 Å². The molecule has 1 unspecified atom stereocenters. The lowest BCUT2D eigenvalue weighted by Crippen LogP contribution is -2.50. The molecule has 1 atom stereocenters. The number of hydrogen-bond donors (Lipinski definition) is 2. The Morgan fingerprint density at radius 1 is 1.26 bits per heavy atom. The number of nitrogens with zero attached hydrogens (tertiary/aromatic N) is 2. The van der Waals surface area contributed by atoms with Gasteiger partial charge in [-0.05, 0) is 31.9 Å². The molecule has 1 aromatic rings. The van der Waals surface area contributed by atoms with Gasteiger partial charge in [0.15, 0.2) is 0 Å². The van der Waals surface area contributed by atoms with Crippen molar-refractivity contribution in [3.63, 3.8) is 0 Å². The summed E-state index contributed by atoms with van der Waals surface area (Å²) in [5.41, 5.74) is 1.08. The Balaban J connectivity index is 1.90. The van der Waals surface area contributed by atoms with Gasteiger partial charge in [0.25, 0.3) is 0 Å². The van der Waals surface area contributed by atoms with Crippen LogP contribution in [-0.2, 0) is 4.79 Å². The molecule has 1 aliphatic rings. The van der Waals surface area contributed by atoms with Crippen molar-refractivity contribution >= 4 is 11.6 Å². The lowest BCUT2D eigenvalue weighted by Gasteiger charge is -2.36. The van der Waals surface area contributed by atoms with Crippen molar-refractivity contribution in [2.75, 3.05) is 18.4 Å². The standard InChI is InChI=1S/C18H26N4O/c1-13(2)20-16-8-10-22(11-9-16)14(3)18(23)21-17-7-5-4-6-15(17)12-19/h4-7,13-14,16,20H,8-11H2,1-3H3,(H,21,23). The lowest BCUT2D eigenvalue weighted by atomic mass is 10.0. The Labute approximate surface area is 138 Å². The third kappa shape index (κ3) is 4.78. The minimum atomic E-state index is -0.193. The Hall–Kier alpha value is -1.90. The molecule has 1 heterocycles. The second-order valence-electron chi connectivity index (χ2n) is 6.45. The highest BCUT2D eigenvalue weighted by Gasteiger charge is 2.27. The fraction of sp³-hybridized carbons (Fsp3) is 0.556. The summed E-state index contributed by atoms with van der Waals surface area (Å²) in [5.74, 6) is -0.0528. The first kappa shape index (κ1) is 17.5. The predicted molar refractivity (Wildman–Crippen MR) is 92.1 cm³/mol. The highest BCUT2D eigenvalue weighted by atomic mass is 16.2. The van der Waals surface area contributed by atoms with Crippen LogP contribution in [-0.4, -0.2) is 42.0 Å². The molecule has 1 amide bonds. The van der Waals surface area contributed by atoms with Crippen LogP contribution in [0.3, 0.4) is 0 Å². The van der Waals surface area contributed by atoms with Gasteiger partial charge in [-0.1, -0.05) is 26.0 Å². The maximum atomic E-state index is 12.5. The zero-order valence-corrected chi connectivity index (χ0v) is 14.2. The van der Waals surface area contributed by atoms with Crippen molar-refractivity contribution in [2.24, 2.45) is 0 Å². The number of rotatable bonds is 5. The van der Waals surface area contributed by atoms with Crippen molar-refractivity contribution in [2.45, 2.75) is 51.7 Å². The van der Waals surface area contributed by atoms with Crippen molar-refractivity contribution in [1.29, 1.82) is 5.26 Å². The molecule has 1 saturated heterocycles. The summed E-state index contributed by atoms with van der Waals surface area (Å²) >= 11 is 0. The number of carbonyl (C=O) groups is 1. The van der Waals surface area contributed by atoms with E-state index in [1.54, 1.807) is 18.2 Å². The van der Waals surface area contributed by atoms with Crippen LogP contribution in [0.2, 0.25) is 0 Å². The molecule has 23 heavy (non-hydrogen) atoms. The van der Waals surface area contributed by atoms with Crippen molar-refractivity contribution < 1.29 is 4.79 Å². The van der Waals surface area contributed by atoms with Gasteiger partial charge in [-0.25, -0.2) is 0 Å². The third-order valence-electron chi connectivity index (χ3n) is 4.33. The van der Waals surface area contributed by atoms with Gasteiger partial charge in [-0.2, -0.15) is 5.26 Å². The Morgan fingerprint density at radius 3 is 2.52 bits per heavy atom. The van der Waals surface area contributed by atoms with E-state index in [0.29, 0.717) is 23.3 Å². The molecule has 0 saturated carbocycles. The predicted octanol–water partition coefficient (Wildman–Crippen LogP) is 2.35. The number of amides is 1. The molecule has 124 valence electrons. The molecular formula is C18H26N4O. The zero-order chi connectivity index (χ0) is 16.8. The van der Waals surface area contributed by atoms with Crippen LogP contribution in [0.4, 0.5) is 5.69 Å². The molecule has 5 heteroatoms. The van der Waals surface area contributed by atoms with Gasteiger partial charge in [0.2, 0.25) is 5.91 Å². The quantitative estimate of drug-likeness (QED) is 0.875. The highest BCUT2D eigenvalue weighted by Crippen LogP contribution is 2.17. The molecule has 0 spiro atoms. The van der Waals surface area contributed by atoms with Crippen molar-refractivity contribution in [3.05, 3.63) is 29.8 Å². The smallest absolute Gasteiger partial charge is 0.241 e. The molecule has 5 nitrogen and oxygen atoms in total. The summed E-state index contributed by atoms with van der Waals surface area (Å²) in [5, 5.41) is 15.5. The van der Waals surface area contributed by atoms with E-state index in [2.05, 4.69) is 35.5 Å². The zero-order valence-electron chi connectivity index (χ0n) is 14.2. The van der Waals surface area contributed by atoms with E-state index in [4.69, 9.17) is 5.26 Å². The van der Waals surface area contributed by atoms with Gasteiger partial charge >= 0.3 is 0 Å². The summed E-state index contributed by atoms with van der Waals surface area (Å²) < 4.78 is 0. The summed E-state index contributed by atoms with van der Waals surface area (Å²) in [4.78, 5) is 14.7. The number of anilines is 1.